The van der Waals surface area contributed by atoms with Gasteiger partial charge in [0.15, 0.2) is 0 Å². The molecule has 0 saturated carbocycles. The third-order valence-electron chi connectivity index (χ3n) is 5.13. The molecular weight excluding hydrogens is 440 g/mol. The Bertz CT molecular complexity index is 604. The van der Waals surface area contributed by atoms with Crippen molar-refractivity contribution in [2.45, 2.75) is 24.9 Å². The lowest BCUT2D eigenvalue weighted by atomic mass is 10.2. The molecule has 1 amide bonds. The molecule has 0 fully saturated rings. The van der Waals surface area contributed by atoms with Crippen molar-refractivity contribution in [1.29, 1.82) is 0 Å². The van der Waals surface area contributed by atoms with E-state index in [-0.39, 0.29) is 5.91 Å². The summed E-state index contributed by atoms with van der Waals surface area (Å²) in [5, 5.41) is 0. The maximum absolute atomic E-state index is 13.1. The highest BCUT2D eigenvalue weighted by Crippen LogP contribution is 2.19. The van der Waals surface area contributed by atoms with Gasteiger partial charge in [-0.3, -0.25) is 4.79 Å². The van der Waals surface area contributed by atoms with Crippen LogP contribution < -0.4 is 11.3 Å². The number of nitrogens with one attached hydrogen (secondary N) is 1. The maximum atomic E-state index is 13.1. The summed E-state index contributed by atoms with van der Waals surface area (Å²) in [4.78, 5) is 19.0. The number of nitrogens with two attached hydrogens (primary N) is 1. The quantitative estimate of drug-likeness (QED) is 0.205. The van der Waals surface area contributed by atoms with E-state index in [1.165, 1.54) is 6.20 Å². The van der Waals surface area contributed by atoms with E-state index in [9.17, 15) is 4.79 Å². The largest absolute Gasteiger partial charge is 0.500 e. The summed E-state index contributed by atoms with van der Waals surface area (Å²) < 4.78 is 32.9. The lowest BCUT2D eigenvalue weighted by Crippen LogP contribution is -2.44. The third kappa shape index (κ3) is 7.89. The zero-order valence-electron chi connectivity index (χ0n) is 19.3. The predicted octanol–water partition coefficient (Wildman–Crippen LogP) is 1.35. The van der Waals surface area contributed by atoms with Crippen LogP contribution in [-0.4, -0.2) is 89.1 Å². The van der Waals surface area contributed by atoms with E-state index in [0.717, 1.165) is 0 Å². The number of carbonyl (C=O) groups is 1. The molecule has 31 heavy (non-hydrogen) atoms. The molecule has 13 heteroatoms. The third-order valence-corrected chi connectivity index (χ3v) is 10.8. The monoisotopic (exact) mass is 476 g/mol. The second-order valence-electron chi connectivity index (χ2n) is 6.67. The highest BCUT2D eigenvalue weighted by Gasteiger charge is 2.38. The average Bonchev–Trinajstić information content (AvgIpc) is 2.83. The Balaban J connectivity index is 2.88. The molecule has 1 aromatic heterocycles. The van der Waals surface area contributed by atoms with Gasteiger partial charge >= 0.3 is 17.6 Å². The lowest BCUT2D eigenvalue weighted by Gasteiger charge is -2.28. The van der Waals surface area contributed by atoms with Gasteiger partial charge in [0.25, 0.3) is 5.91 Å². The molecule has 1 rings (SSSR count). The summed E-state index contributed by atoms with van der Waals surface area (Å²) in [5.74, 6) is 5.71. The van der Waals surface area contributed by atoms with Crippen molar-refractivity contribution in [3.63, 3.8) is 0 Å². The standard InChI is InChI=1S/C18H36N4O7Si2/c1-24-30(25-2,26-3)13-7-11-22(12-8-14-31(27-4,28-5)29-6)18(23)16-9-10-17(21-19)20-15-16/h9-10,15H,7-8,11-14,19H2,1-6H3,(H,20,21). The average molecular weight is 477 g/mol. The van der Waals surface area contributed by atoms with Gasteiger partial charge in [0, 0.05) is 74.0 Å². The number of nitrogen functional groups attached to an aromatic ring is 1. The highest BCUT2D eigenvalue weighted by atomic mass is 28.4. The molecule has 0 unspecified atom stereocenters. The van der Waals surface area contributed by atoms with Crippen LogP contribution in [0.5, 0.6) is 0 Å². The summed E-state index contributed by atoms with van der Waals surface area (Å²) in [6.45, 7) is 1.00. The Morgan fingerprint density at radius 2 is 1.35 bits per heavy atom. The van der Waals surface area contributed by atoms with Gasteiger partial charge in [-0.25, -0.2) is 10.8 Å². The van der Waals surface area contributed by atoms with Crippen molar-refractivity contribution in [1.82, 2.24) is 9.88 Å². The lowest BCUT2D eigenvalue weighted by molar-refractivity contribution is 0.0739. The molecule has 0 atom stereocenters. The van der Waals surface area contributed by atoms with Gasteiger partial charge in [0.05, 0.1) is 5.56 Å². The molecule has 0 spiro atoms. The van der Waals surface area contributed by atoms with Crippen molar-refractivity contribution >= 4 is 29.3 Å². The Morgan fingerprint density at radius 1 is 0.903 bits per heavy atom. The van der Waals surface area contributed by atoms with Crippen molar-refractivity contribution in [3.8, 4) is 0 Å². The van der Waals surface area contributed by atoms with E-state index in [1.807, 2.05) is 0 Å². The van der Waals surface area contributed by atoms with Gasteiger partial charge in [0.1, 0.15) is 5.82 Å². The number of nitrogens with zero attached hydrogens (tertiary/aromatic N) is 2. The smallest absolute Gasteiger partial charge is 0.377 e. The van der Waals surface area contributed by atoms with E-state index >= 15 is 0 Å². The predicted molar refractivity (Wildman–Crippen MR) is 120 cm³/mol. The summed E-state index contributed by atoms with van der Waals surface area (Å²) in [5.41, 5.74) is 2.93. The molecule has 1 heterocycles. The maximum Gasteiger partial charge on any atom is 0.500 e. The number of anilines is 1. The summed E-state index contributed by atoms with van der Waals surface area (Å²) in [7, 11) is 4.02. The van der Waals surface area contributed by atoms with Gasteiger partial charge in [-0.05, 0) is 25.0 Å². The topological polar surface area (TPSA) is 127 Å². The number of hydrogen-bond acceptors (Lipinski definition) is 10. The van der Waals surface area contributed by atoms with Gasteiger partial charge in [-0.1, -0.05) is 0 Å². The molecule has 0 aliphatic rings. The van der Waals surface area contributed by atoms with Crippen LogP contribution in [0.1, 0.15) is 23.2 Å². The van der Waals surface area contributed by atoms with E-state index in [1.54, 1.807) is 59.7 Å². The minimum atomic E-state index is -2.71. The number of pyridine rings is 1. The van der Waals surface area contributed by atoms with Gasteiger partial charge in [-0.2, -0.15) is 0 Å². The van der Waals surface area contributed by atoms with Crippen molar-refractivity contribution in [2.24, 2.45) is 5.84 Å². The minimum Gasteiger partial charge on any atom is -0.377 e. The van der Waals surface area contributed by atoms with Gasteiger partial charge in [-0.15, -0.1) is 0 Å². The van der Waals surface area contributed by atoms with E-state index < -0.39 is 17.6 Å². The molecular formula is C18H36N4O7Si2. The molecule has 0 radical (unpaired) electrons. The number of aromatic nitrogens is 1. The first-order valence-electron chi connectivity index (χ1n) is 9.91. The van der Waals surface area contributed by atoms with Crippen LogP contribution in [0, 0.1) is 0 Å². The number of rotatable bonds is 16. The normalized spacial score (nSPS) is 12.1. The molecule has 0 bridgehead atoms. The molecule has 0 saturated heterocycles. The summed E-state index contributed by atoms with van der Waals surface area (Å²) in [6.07, 6.45) is 2.82. The molecule has 0 aliphatic carbocycles. The fourth-order valence-electron chi connectivity index (χ4n) is 3.19. The molecule has 1 aromatic rings. The zero-order valence-corrected chi connectivity index (χ0v) is 21.3. The second kappa shape index (κ2) is 13.9. The molecule has 11 nitrogen and oxygen atoms in total. The Hall–Kier alpha value is -1.43. The molecule has 0 aliphatic heterocycles. The number of amides is 1. The fraction of sp³-hybridized carbons (Fsp3) is 0.667. The van der Waals surface area contributed by atoms with E-state index in [4.69, 9.17) is 32.4 Å². The van der Waals surface area contributed by atoms with Crippen LogP contribution in [0.4, 0.5) is 5.82 Å². The number of carbonyl (C=O) groups excluding carboxylic acids is 1. The second-order valence-corrected chi connectivity index (χ2v) is 12.8. The number of hydrogen-bond donors (Lipinski definition) is 2. The first kappa shape index (κ1) is 27.6. The van der Waals surface area contributed by atoms with Crippen LogP contribution in [0.25, 0.3) is 0 Å². The first-order valence-corrected chi connectivity index (χ1v) is 13.8. The van der Waals surface area contributed by atoms with Crippen molar-refractivity contribution in [2.75, 3.05) is 61.2 Å². The van der Waals surface area contributed by atoms with Crippen LogP contribution in [-0.2, 0) is 26.6 Å². The Kier molecular flexibility index (Phi) is 12.4. The van der Waals surface area contributed by atoms with Gasteiger partial charge in [0.2, 0.25) is 0 Å². The SMILES string of the molecule is CO[Si](CCCN(CCC[Si](OC)(OC)OC)C(=O)c1ccc(NN)nc1)(OC)OC. The number of hydrazine groups is 1. The van der Waals surface area contributed by atoms with Crippen LogP contribution in [0.15, 0.2) is 18.3 Å². The zero-order chi connectivity index (χ0) is 23.3. The van der Waals surface area contributed by atoms with Crippen LogP contribution >= 0.6 is 0 Å². The van der Waals surface area contributed by atoms with Crippen molar-refractivity contribution < 1.29 is 31.4 Å². The van der Waals surface area contributed by atoms with Crippen LogP contribution in [0.3, 0.4) is 0 Å². The van der Waals surface area contributed by atoms with Crippen molar-refractivity contribution in [3.05, 3.63) is 23.9 Å². The van der Waals surface area contributed by atoms with E-state index in [0.29, 0.717) is 49.4 Å². The molecule has 3 N–H and O–H groups in total. The molecule has 0 aromatic carbocycles. The van der Waals surface area contributed by atoms with E-state index in [2.05, 4.69) is 10.4 Å². The Labute approximate surface area is 186 Å². The molecule has 178 valence electrons. The van der Waals surface area contributed by atoms with Gasteiger partial charge < -0.3 is 36.9 Å². The summed E-state index contributed by atoms with van der Waals surface area (Å²) in [6, 6.07) is 4.51. The summed E-state index contributed by atoms with van der Waals surface area (Å²) >= 11 is 0. The first-order chi connectivity index (χ1) is 14.9. The minimum absolute atomic E-state index is 0.130. The Morgan fingerprint density at radius 3 is 1.68 bits per heavy atom. The highest BCUT2D eigenvalue weighted by molar-refractivity contribution is 6.60. The fourth-order valence-corrected chi connectivity index (χ4v) is 6.60. The van der Waals surface area contributed by atoms with Crippen LogP contribution in [0.2, 0.25) is 12.1 Å².